The van der Waals surface area contributed by atoms with Crippen molar-refractivity contribution in [2.75, 3.05) is 31.4 Å². The van der Waals surface area contributed by atoms with Crippen LogP contribution in [0, 0.1) is 0 Å². The topological polar surface area (TPSA) is 58.6 Å². The molecule has 1 heterocycles. The lowest BCUT2D eigenvalue weighted by atomic mass is 9.92. The highest BCUT2D eigenvalue weighted by Gasteiger charge is 2.31. The average molecular weight is 324 g/mol. The lowest BCUT2D eigenvalue weighted by molar-refractivity contribution is -0.117. The third-order valence-corrected chi connectivity index (χ3v) is 4.32. The minimum Gasteiger partial charge on any atom is -0.465 e. The van der Waals surface area contributed by atoms with Crippen LogP contribution in [0.1, 0.15) is 27.4 Å². The Hall–Kier alpha value is -2.82. The maximum Gasteiger partial charge on any atom is 0.337 e. The first kappa shape index (κ1) is 16.1. The molecule has 1 aliphatic heterocycles. The number of hydrogen-bond acceptors (Lipinski definition) is 4. The first-order chi connectivity index (χ1) is 11.5. The summed E-state index contributed by atoms with van der Waals surface area (Å²) >= 11 is 0. The summed E-state index contributed by atoms with van der Waals surface area (Å²) in [7, 11) is 5.33. The second-order valence-corrected chi connectivity index (χ2v) is 6.10. The molecule has 0 spiro atoms. The molecule has 1 aliphatic rings. The number of anilines is 2. The van der Waals surface area contributed by atoms with E-state index in [1.165, 1.54) is 7.11 Å². The molecule has 124 valence electrons. The van der Waals surface area contributed by atoms with E-state index in [2.05, 4.69) is 5.32 Å². The SMILES string of the molecule is COC(=O)c1ccc2c(c1)C(Cc1ccc(N(C)C)cc1)C(=O)N2. The van der Waals surface area contributed by atoms with Gasteiger partial charge in [0, 0.05) is 25.5 Å². The van der Waals surface area contributed by atoms with E-state index in [4.69, 9.17) is 4.74 Å². The van der Waals surface area contributed by atoms with Gasteiger partial charge >= 0.3 is 5.97 Å². The van der Waals surface area contributed by atoms with Gasteiger partial charge in [0.25, 0.3) is 0 Å². The largest absolute Gasteiger partial charge is 0.465 e. The first-order valence-electron chi connectivity index (χ1n) is 7.79. The molecule has 0 saturated carbocycles. The number of carbonyl (C=O) groups is 2. The summed E-state index contributed by atoms with van der Waals surface area (Å²) in [6.45, 7) is 0. The van der Waals surface area contributed by atoms with Gasteiger partial charge in [-0.3, -0.25) is 4.79 Å². The van der Waals surface area contributed by atoms with Crippen LogP contribution in [0.3, 0.4) is 0 Å². The molecule has 1 N–H and O–H groups in total. The first-order valence-corrected chi connectivity index (χ1v) is 7.79. The molecule has 1 unspecified atom stereocenters. The molecule has 24 heavy (non-hydrogen) atoms. The average Bonchev–Trinajstić information content (AvgIpc) is 2.89. The molecule has 3 rings (SSSR count). The molecule has 0 radical (unpaired) electrons. The molecule has 1 atom stereocenters. The van der Waals surface area contributed by atoms with E-state index in [9.17, 15) is 9.59 Å². The molecular formula is C19H20N2O3. The van der Waals surface area contributed by atoms with Crippen molar-refractivity contribution in [3.8, 4) is 0 Å². The van der Waals surface area contributed by atoms with Gasteiger partial charge in [0.1, 0.15) is 0 Å². The van der Waals surface area contributed by atoms with E-state index in [1.807, 2.05) is 43.3 Å². The molecule has 2 aromatic carbocycles. The van der Waals surface area contributed by atoms with Gasteiger partial charge in [-0.15, -0.1) is 0 Å². The fourth-order valence-corrected chi connectivity index (χ4v) is 2.94. The van der Waals surface area contributed by atoms with E-state index < -0.39 is 5.97 Å². The number of benzene rings is 2. The number of esters is 1. The van der Waals surface area contributed by atoms with Gasteiger partial charge in [-0.25, -0.2) is 4.79 Å². The van der Waals surface area contributed by atoms with E-state index in [0.29, 0.717) is 12.0 Å². The zero-order valence-electron chi connectivity index (χ0n) is 14.0. The van der Waals surface area contributed by atoms with Crippen molar-refractivity contribution in [1.82, 2.24) is 0 Å². The second-order valence-electron chi connectivity index (χ2n) is 6.10. The van der Waals surface area contributed by atoms with Crippen LogP contribution in [0.15, 0.2) is 42.5 Å². The summed E-state index contributed by atoms with van der Waals surface area (Å²) < 4.78 is 4.76. The number of methoxy groups -OCH3 is 1. The Labute approximate surface area is 141 Å². The van der Waals surface area contributed by atoms with Crippen LogP contribution in [-0.4, -0.2) is 33.1 Å². The second kappa shape index (κ2) is 6.35. The zero-order chi connectivity index (χ0) is 17.3. The normalized spacial score (nSPS) is 15.6. The van der Waals surface area contributed by atoms with Crippen molar-refractivity contribution in [3.05, 3.63) is 59.2 Å². The summed E-state index contributed by atoms with van der Waals surface area (Å²) in [5.74, 6) is -0.732. The predicted molar refractivity (Wildman–Crippen MR) is 93.6 cm³/mol. The van der Waals surface area contributed by atoms with Crippen LogP contribution in [0.25, 0.3) is 0 Å². The van der Waals surface area contributed by atoms with Crippen LogP contribution in [0.2, 0.25) is 0 Å². The minimum absolute atomic E-state index is 0.0382. The van der Waals surface area contributed by atoms with Gasteiger partial charge in [0.15, 0.2) is 0 Å². The Bertz CT molecular complexity index is 782. The summed E-state index contributed by atoms with van der Waals surface area (Å²) in [5, 5.41) is 2.88. The molecule has 0 bridgehead atoms. The van der Waals surface area contributed by atoms with Gasteiger partial charge < -0.3 is 15.0 Å². The van der Waals surface area contributed by atoms with Crippen molar-refractivity contribution >= 4 is 23.3 Å². The Kier molecular flexibility index (Phi) is 4.25. The number of rotatable bonds is 4. The van der Waals surface area contributed by atoms with E-state index in [1.54, 1.807) is 18.2 Å². The van der Waals surface area contributed by atoms with Gasteiger partial charge in [-0.05, 0) is 47.9 Å². The Balaban J connectivity index is 1.87. The van der Waals surface area contributed by atoms with Crippen molar-refractivity contribution in [3.63, 3.8) is 0 Å². The van der Waals surface area contributed by atoms with Crippen LogP contribution < -0.4 is 10.2 Å². The molecule has 0 saturated heterocycles. The van der Waals surface area contributed by atoms with Crippen molar-refractivity contribution in [2.24, 2.45) is 0 Å². The van der Waals surface area contributed by atoms with Crippen LogP contribution in [-0.2, 0) is 16.0 Å². The fraction of sp³-hybridized carbons (Fsp3) is 0.263. The maximum atomic E-state index is 12.3. The van der Waals surface area contributed by atoms with E-state index in [0.717, 1.165) is 22.5 Å². The smallest absolute Gasteiger partial charge is 0.337 e. The lowest BCUT2D eigenvalue weighted by Gasteiger charge is -2.14. The number of ether oxygens (including phenoxy) is 1. The van der Waals surface area contributed by atoms with E-state index >= 15 is 0 Å². The lowest BCUT2D eigenvalue weighted by Crippen LogP contribution is -2.14. The quantitative estimate of drug-likeness (QED) is 0.879. The Morgan fingerprint density at radius 2 is 1.88 bits per heavy atom. The summed E-state index contributed by atoms with van der Waals surface area (Å²) in [6, 6.07) is 13.3. The Morgan fingerprint density at radius 3 is 2.50 bits per heavy atom. The number of fused-ring (bicyclic) bond motifs is 1. The molecule has 0 fully saturated rings. The highest BCUT2D eigenvalue weighted by molar-refractivity contribution is 6.04. The molecule has 1 amide bonds. The number of nitrogens with one attached hydrogen (secondary N) is 1. The summed E-state index contributed by atoms with van der Waals surface area (Å²) in [6.07, 6.45) is 0.594. The van der Waals surface area contributed by atoms with Crippen LogP contribution in [0.4, 0.5) is 11.4 Å². The Morgan fingerprint density at radius 1 is 1.17 bits per heavy atom. The zero-order valence-corrected chi connectivity index (χ0v) is 14.0. The monoisotopic (exact) mass is 324 g/mol. The van der Waals surface area contributed by atoms with Crippen molar-refractivity contribution in [1.29, 1.82) is 0 Å². The fourth-order valence-electron chi connectivity index (χ4n) is 2.94. The molecular weight excluding hydrogens is 304 g/mol. The van der Waals surface area contributed by atoms with Crippen LogP contribution >= 0.6 is 0 Å². The van der Waals surface area contributed by atoms with Gasteiger partial charge in [-0.2, -0.15) is 0 Å². The van der Waals surface area contributed by atoms with Gasteiger partial charge in [-0.1, -0.05) is 12.1 Å². The highest BCUT2D eigenvalue weighted by atomic mass is 16.5. The highest BCUT2D eigenvalue weighted by Crippen LogP contribution is 2.35. The number of hydrogen-bond donors (Lipinski definition) is 1. The standard InChI is InChI=1S/C19H20N2O3/c1-21(2)14-7-4-12(5-8-14)10-16-15-11-13(19(23)24-3)6-9-17(15)20-18(16)22/h4-9,11,16H,10H2,1-3H3,(H,20,22). The molecule has 2 aromatic rings. The number of carbonyl (C=O) groups excluding carboxylic acids is 2. The third-order valence-electron chi connectivity index (χ3n) is 4.32. The third kappa shape index (κ3) is 2.97. The summed E-state index contributed by atoms with van der Waals surface area (Å²) in [4.78, 5) is 26.1. The van der Waals surface area contributed by atoms with E-state index in [-0.39, 0.29) is 11.8 Å². The predicted octanol–water partition coefficient (Wildman–Crippen LogP) is 2.82. The van der Waals surface area contributed by atoms with Crippen molar-refractivity contribution < 1.29 is 14.3 Å². The maximum absolute atomic E-state index is 12.3. The number of nitrogens with zero attached hydrogens (tertiary/aromatic N) is 1. The summed E-state index contributed by atoms with van der Waals surface area (Å²) in [5.41, 5.74) is 4.27. The number of amides is 1. The van der Waals surface area contributed by atoms with Crippen molar-refractivity contribution in [2.45, 2.75) is 12.3 Å². The molecule has 0 aromatic heterocycles. The molecule has 5 heteroatoms. The molecule has 0 aliphatic carbocycles. The van der Waals surface area contributed by atoms with Gasteiger partial charge in [0.05, 0.1) is 18.6 Å². The van der Waals surface area contributed by atoms with Crippen LogP contribution in [0.5, 0.6) is 0 Å². The van der Waals surface area contributed by atoms with Gasteiger partial charge in [0.2, 0.25) is 5.91 Å². The molecule has 5 nitrogen and oxygen atoms in total. The minimum atomic E-state index is -0.397.